The molecule has 3 aromatic rings. The highest BCUT2D eigenvalue weighted by atomic mass is 32.2. The van der Waals surface area contributed by atoms with Gasteiger partial charge in [0.1, 0.15) is 4.32 Å². The van der Waals surface area contributed by atoms with Gasteiger partial charge in [0, 0.05) is 22.4 Å². The van der Waals surface area contributed by atoms with Crippen molar-refractivity contribution in [1.82, 2.24) is 10.6 Å². The molecular weight excluding hydrogens is 380 g/mol. The largest absolute Gasteiger partial charge is 0.366 e. The van der Waals surface area contributed by atoms with Crippen LogP contribution in [-0.4, -0.2) is 17.3 Å². The Balaban J connectivity index is 1.80. The Morgan fingerprint density at radius 1 is 1.12 bits per heavy atom. The quantitative estimate of drug-likeness (QED) is 0.472. The van der Waals surface area contributed by atoms with Gasteiger partial charge < -0.3 is 10.6 Å². The lowest BCUT2D eigenvalue weighted by atomic mass is 9.99. The standard InChI is InChI=1S/C20H18N2OS3/c1-21-19(23)17-10-9-15(12-18(17)14-6-3-2-4-7-14)26-20(24)22-13-16-8-5-11-25-16/h2-12H,13H2,1H3,(H,21,23)(H,22,24). The number of hydrogen-bond acceptors (Lipinski definition) is 4. The van der Waals surface area contributed by atoms with Crippen molar-refractivity contribution < 1.29 is 4.79 Å². The molecule has 3 rings (SSSR count). The Kier molecular flexibility index (Phi) is 6.44. The van der Waals surface area contributed by atoms with Gasteiger partial charge in [-0.15, -0.1) is 11.3 Å². The number of hydrogen-bond donors (Lipinski definition) is 2. The van der Waals surface area contributed by atoms with E-state index in [1.807, 2.05) is 54.6 Å². The second-order valence-electron chi connectivity index (χ2n) is 5.47. The predicted octanol–water partition coefficient (Wildman–Crippen LogP) is 4.94. The molecule has 0 unspecified atom stereocenters. The van der Waals surface area contributed by atoms with Gasteiger partial charge in [0.05, 0.1) is 6.54 Å². The van der Waals surface area contributed by atoms with Gasteiger partial charge in [-0.2, -0.15) is 0 Å². The Morgan fingerprint density at radius 3 is 2.62 bits per heavy atom. The van der Waals surface area contributed by atoms with Gasteiger partial charge in [0.2, 0.25) is 0 Å². The first-order valence-corrected chi connectivity index (χ1v) is 10.2. The van der Waals surface area contributed by atoms with E-state index in [4.69, 9.17) is 12.2 Å². The van der Waals surface area contributed by atoms with Crippen LogP contribution >= 0.6 is 35.3 Å². The van der Waals surface area contributed by atoms with Crippen LogP contribution in [0.15, 0.2) is 70.9 Å². The van der Waals surface area contributed by atoms with Crippen molar-refractivity contribution in [2.24, 2.45) is 0 Å². The van der Waals surface area contributed by atoms with Crippen LogP contribution in [0, 0.1) is 0 Å². The predicted molar refractivity (Wildman–Crippen MR) is 115 cm³/mol. The van der Waals surface area contributed by atoms with Crippen LogP contribution in [0.4, 0.5) is 0 Å². The summed E-state index contributed by atoms with van der Waals surface area (Å²) in [5.74, 6) is -0.0983. The SMILES string of the molecule is CNC(=O)c1ccc(SC(=S)NCc2cccs2)cc1-c1ccccc1. The lowest BCUT2D eigenvalue weighted by Crippen LogP contribution is -2.19. The highest BCUT2D eigenvalue weighted by Gasteiger charge is 2.13. The highest BCUT2D eigenvalue weighted by molar-refractivity contribution is 8.23. The first kappa shape index (κ1) is 18.6. The molecule has 0 spiro atoms. The maximum atomic E-state index is 12.2. The van der Waals surface area contributed by atoms with E-state index < -0.39 is 0 Å². The number of nitrogens with one attached hydrogen (secondary N) is 2. The number of thiocarbonyl (C=S) groups is 1. The molecule has 0 fully saturated rings. The fourth-order valence-corrected chi connectivity index (χ4v) is 4.17. The number of amides is 1. The van der Waals surface area contributed by atoms with E-state index in [0.717, 1.165) is 22.6 Å². The van der Waals surface area contributed by atoms with Crippen LogP contribution in [0.1, 0.15) is 15.2 Å². The second kappa shape index (κ2) is 8.98. The van der Waals surface area contributed by atoms with E-state index in [9.17, 15) is 4.79 Å². The van der Waals surface area contributed by atoms with Crippen molar-refractivity contribution in [1.29, 1.82) is 0 Å². The van der Waals surface area contributed by atoms with Crippen LogP contribution in [0.25, 0.3) is 11.1 Å². The number of carbonyl (C=O) groups is 1. The zero-order valence-corrected chi connectivity index (χ0v) is 16.6. The number of benzene rings is 2. The number of thioether (sulfide) groups is 1. The van der Waals surface area contributed by atoms with Crippen molar-refractivity contribution in [3.8, 4) is 11.1 Å². The molecule has 1 heterocycles. The monoisotopic (exact) mass is 398 g/mol. The molecule has 2 N–H and O–H groups in total. The van der Waals surface area contributed by atoms with Crippen LogP contribution in [-0.2, 0) is 6.54 Å². The summed E-state index contributed by atoms with van der Waals surface area (Å²) in [5.41, 5.74) is 2.56. The van der Waals surface area contributed by atoms with Crippen LogP contribution < -0.4 is 10.6 Å². The third kappa shape index (κ3) is 4.72. The molecule has 0 saturated carbocycles. The van der Waals surface area contributed by atoms with E-state index >= 15 is 0 Å². The van der Waals surface area contributed by atoms with E-state index in [1.54, 1.807) is 18.4 Å². The average Bonchev–Trinajstić information content (AvgIpc) is 3.20. The summed E-state index contributed by atoms with van der Waals surface area (Å²) in [4.78, 5) is 14.5. The van der Waals surface area contributed by atoms with Crippen LogP contribution in [0.3, 0.4) is 0 Å². The summed E-state index contributed by atoms with van der Waals surface area (Å²) < 4.78 is 0.713. The molecule has 1 amide bonds. The molecule has 0 bridgehead atoms. The zero-order chi connectivity index (χ0) is 18.4. The van der Waals surface area contributed by atoms with Gasteiger partial charge in [0.15, 0.2) is 0 Å². The minimum Gasteiger partial charge on any atom is -0.366 e. The lowest BCUT2D eigenvalue weighted by molar-refractivity contribution is 0.0963. The molecule has 6 heteroatoms. The fraction of sp³-hybridized carbons (Fsp3) is 0.100. The molecule has 0 saturated heterocycles. The molecule has 0 radical (unpaired) electrons. The van der Waals surface area contributed by atoms with E-state index in [1.165, 1.54) is 16.6 Å². The number of carbonyl (C=O) groups excluding carboxylic acids is 1. The first-order chi connectivity index (χ1) is 12.7. The topological polar surface area (TPSA) is 41.1 Å². The van der Waals surface area contributed by atoms with Gasteiger partial charge in [-0.05, 0) is 40.8 Å². The van der Waals surface area contributed by atoms with Crippen molar-refractivity contribution in [3.63, 3.8) is 0 Å². The molecule has 0 aliphatic heterocycles. The summed E-state index contributed by atoms with van der Waals surface area (Å²) >= 11 is 8.65. The molecule has 132 valence electrons. The van der Waals surface area contributed by atoms with Gasteiger partial charge >= 0.3 is 0 Å². The number of thiophene rings is 1. The van der Waals surface area contributed by atoms with Crippen molar-refractivity contribution in [2.75, 3.05) is 7.05 Å². The van der Waals surface area contributed by atoms with E-state index in [-0.39, 0.29) is 5.91 Å². The number of rotatable bonds is 5. The summed E-state index contributed by atoms with van der Waals surface area (Å²) in [6.45, 7) is 0.728. The van der Waals surface area contributed by atoms with Gasteiger partial charge in [0.25, 0.3) is 5.91 Å². The normalized spacial score (nSPS) is 10.3. The summed E-state index contributed by atoms with van der Waals surface area (Å²) in [6, 6.07) is 19.8. The summed E-state index contributed by atoms with van der Waals surface area (Å²) in [5, 5.41) is 8.02. The Bertz CT molecular complexity index is 893. The van der Waals surface area contributed by atoms with Crippen molar-refractivity contribution in [2.45, 2.75) is 11.4 Å². The molecule has 2 aromatic carbocycles. The minimum absolute atomic E-state index is 0.0983. The molecule has 0 aliphatic rings. The summed E-state index contributed by atoms with van der Waals surface area (Å²) in [7, 11) is 1.64. The Morgan fingerprint density at radius 2 is 1.92 bits per heavy atom. The molecule has 0 aliphatic carbocycles. The molecule has 0 atom stereocenters. The lowest BCUT2D eigenvalue weighted by Gasteiger charge is -2.12. The van der Waals surface area contributed by atoms with Gasteiger partial charge in [-0.3, -0.25) is 4.79 Å². The second-order valence-corrected chi connectivity index (χ2v) is 8.26. The maximum Gasteiger partial charge on any atom is 0.251 e. The molecule has 1 aromatic heterocycles. The molecule has 3 nitrogen and oxygen atoms in total. The van der Waals surface area contributed by atoms with Crippen LogP contribution in [0.5, 0.6) is 0 Å². The minimum atomic E-state index is -0.0983. The molecule has 26 heavy (non-hydrogen) atoms. The van der Waals surface area contributed by atoms with Gasteiger partial charge in [-0.25, -0.2) is 0 Å². The smallest absolute Gasteiger partial charge is 0.251 e. The Hall–Kier alpha value is -2.15. The van der Waals surface area contributed by atoms with E-state index in [0.29, 0.717) is 9.88 Å². The average molecular weight is 399 g/mol. The third-order valence-corrected chi connectivity index (χ3v) is 5.84. The third-order valence-electron chi connectivity index (χ3n) is 3.75. The van der Waals surface area contributed by atoms with Crippen LogP contribution in [0.2, 0.25) is 0 Å². The zero-order valence-electron chi connectivity index (χ0n) is 14.2. The Labute approximate surface area is 166 Å². The van der Waals surface area contributed by atoms with E-state index in [2.05, 4.69) is 22.1 Å². The highest BCUT2D eigenvalue weighted by Crippen LogP contribution is 2.29. The maximum absolute atomic E-state index is 12.2. The summed E-state index contributed by atoms with van der Waals surface area (Å²) in [6.07, 6.45) is 0. The van der Waals surface area contributed by atoms with Crippen molar-refractivity contribution >= 4 is 45.5 Å². The van der Waals surface area contributed by atoms with Crippen molar-refractivity contribution in [3.05, 3.63) is 76.5 Å². The fourth-order valence-electron chi connectivity index (χ4n) is 2.49. The first-order valence-electron chi connectivity index (χ1n) is 8.07. The molecular formula is C20H18N2OS3. The van der Waals surface area contributed by atoms with Gasteiger partial charge in [-0.1, -0.05) is 60.4 Å².